The standard InChI is InChI=1S/C27H21FN6O3.C19H14BrFN6O.C7H9BO2.CO2/c1-37-27(36)17-7-5-16(6-8-17)18-9-10-22-23(11-18)29-15-30-26(22)32-24-13-21(33-34-24)14-25(35)31-20-4-2-3-19(28)12-20;20-11-4-5-15-16(6-11)22-10-23-19(15)25-17-8-14(26-27-17)9-18(28)24-13-3-1-2-12(21)7-13;1-6-2-4-7(5-3-6)8(9)10;2-1-3/h2-13,15H,14H2,1H3,(H,31,35)(H2,29,30,32,33,34);1-8,10H,9H2,(H,24,28)(H2,22,23,25,26,27);2-5,9-10H,1H3;. The number of benzene rings is 6. The number of aryl methyl sites for hydroxylation is 1. The molecule has 4 heterocycles. The lowest BCUT2D eigenvalue weighted by Crippen LogP contribution is -2.29. The molecule has 0 aliphatic heterocycles. The molecular formula is C54H44BBrF2N12O8. The van der Waals surface area contributed by atoms with Gasteiger partial charge in [0, 0.05) is 50.1 Å². The van der Waals surface area contributed by atoms with Crippen molar-refractivity contribution >= 4 is 109 Å². The summed E-state index contributed by atoms with van der Waals surface area (Å²) in [6, 6.07) is 40.6. The lowest BCUT2D eigenvalue weighted by molar-refractivity contribution is -0.191. The van der Waals surface area contributed by atoms with Gasteiger partial charge in [-0.3, -0.25) is 19.8 Å². The molecule has 0 saturated heterocycles. The number of aromatic amines is 2. The Morgan fingerprint density at radius 1 is 0.628 bits per heavy atom. The van der Waals surface area contributed by atoms with Crippen molar-refractivity contribution in [3.63, 3.8) is 0 Å². The number of hydrogen-bond donors (Lipinski definition) is 8. The van der Waals surface area contributed by atoms with E-state index in [0.29, 0.717) is 57.1 Å². The molecule has 6 aromatic carbocycles. The van der Waals surface area contributed by atoms with E-state index in [9.17, 15) is 23.2 Å². The summed E-state index contributed by atoms with van der Waals surface area (Å²) in [6.07, 6.45) is 3.28. The molecular weight excluding hydrogens is 1070 g/mol. The largest absolute Gasteiger partial charge is 0.488 e. The quantitative estimate of drug-likeness (QED) is 0.0399. The van der Waals surface area contributed by atoms with E-state index >= 15 is 0 Å². The third kappa shape index (κ3) is 16.1. The van der Waals surface area contributed by atoms with Crippen LogP contribution in [0.2, 0.25) is 0 Å². The summed E-state index contributed by atoms with van der Waals surface area (Å²) in [5.41, 5.74) is 7.46. The summed E-state index contributed by atoms with van der Waals surface area (Å²) in [4.78, 5) is 69.6. The summed E-state index contributed by atoms with van der Waals surface area (Å²) in [5.74, 6) is 0.370. The summed E-state index contributed by atoms with van der Waals surface area (Å²) < 4.78 is 32.2. The topological polar surface area (TPSA) is 292 Å². The van der Waals surface area contributed by atoms with E-state index in [1.54, 1.807) is 48.5 Å². The van der Waals surface area contributed by atoms with Gasteiger partial charge >= 0.3 is 19.2 Å². The highest BCUT2D eigenvalue weighted by molar-refractivity contribution is 9.10. The van der Waals surface area contributed by atoms with Gasteiger partial charge < -0.3 is 36.1 Å². The van der Waals surface area contributed by atoms with Gasteiger partial charge in [0.05, 0.1) is 36.5 Å². The second kappa shape index (κ2) is 27.1. The second-order valence-electron chi connectivity index (χ2n) is 16.6. The second-order valence-corrected chi connectivity index (χ2v) is 17.5. The normalized spacial score (nSPS) is 10.3. The number of rotatable bonds is 13. The molecule has 0 atom stereocenters. The summed E-state index contributed by atoms with van der Waals surface area (Å²) in [6.45, 7) is 1.95. The lowest BCUT2D eigenvalue weighted by atomic mass is 9.80. The lowest BCUT2D eigenvalue weighted by Gasteiger charge is -2.08. The molecule has 4 aromatic heterocycles. The number of nitrogens with one attached hydrogen (secondary N) is 6. The number of esters is 1. The molecule has 78 heavy (non-hydrogen) atoms. The Labute approximate surface area is 451 Å². The first-order chi connectivity index (χ1) is 37.7. The maximum Gasteiger partial charge on any atom is 0.488 e. The number of ether oxygens (including phenoxy) is 1. The number of hydrogen-bond acceptors (Lipinski definition) is 16. The number of fused-ring (bicyclic) bond motifs is 2. The third-order valence-electron chi connectivity index (χ3n) is 10.9. The molecule has 0 aliphatic rings. The van der Waals surface area contributed by atoms with Gasteiger partial charge in [-0.05, 0) is 102 Å². The number of nitrogens with zero attached hydrogens (tertiary/aromatic N) is 6. The van der Waals surface area contributed by atoms with Crippen LogP contribution in [0.4, 0.5) is 43.4 Å². The number of amides is 2. The Morgan fingerprint density at radius 2 is 1.12 bits per heavy atom. The van der Waals surface area contributed by atoms with Crippen molar-refractivity contribution in [2.75, 3.05) is 28.4 Å². The van der Waals surface area contributed by atoms with Crippen LogP contribution in [0, 0.1) is 18.6 Å². The first-order valence-electron chi connectivity index (χ1n) is 23.2. The highest BCUT2D eigenvalue weighted by Gasteiger charge is 2.14. The molecule has 0 radical (unpaired) electrons. The van der Waals surface area contributed by atoms with Gasteiger partial charge in [-0.25, -0.2) is 33.5 Å². The van der Waals surface area contributed by atoms with Crippen LogP contribution in [0.15, 0.2) is 163 Å². The maximum atomic E-state index is 13.3. The van der Waals surface area contributed by atoms with Gasteiger partial charge in [-0.15, -0.1) is 0 Å². The summed E-state index contributed by atoms with van der Waals surface area (Å²) in [7, 11) is 0.00129. The van der Waals surface area contributed by atoms with Crippen molar-refractivity contribution in [2.24, 2.45) is 0 Å². The molecule has 10 aromatic rings. The molecule has 0 bridgehead atoms. The van der Waals surface area contributed by atoms with Crippen LogP contribution >= 0.6 is 15.9 Å². The zero-order valence-corrected chi connectivity index (χ0v) is 42.7. The van der Waals surface area contributed by atoms with Crippen LogP contribution in [0.1, 0.15) is 27.3 Å². The van der Waals surface area contributed by atoms with E-state index in [2.05, 4.69) is 77.5 Å². The van der Waals surface area contributed by atoms with Crippen molar-refractivity contribution < 1.29 is 47.5 Å². The molecule has 24 heteroatoms. The summed E-state index contributed by atoms with van der Waals surface area (Å²) >= 11 is 3.42. The van der Waals surface area contributed by atoms with E-state index in [0.717, 1.165) is 43.0 Å². The Bertz CT molecular complexity index is 3730. The number of H-pyrrole nitrogens is 2. The monoisotopic (exact) mass is 1120 g/mol. The van der Waals surface area contributed by atoms with E-state index in [4.69, 9.17) is 24.4 Å². The predicted octanol–water partition coefficient (Wildman–Crippen LogP) is 8.14. The van der Waals surface area contributed by atoms with Crippen LogP contribution in [0.25, 0.3) is 32.9 Å². The minimum Gasteiger partial charge on any atom is -0.465 e. The smallest absolute Gasteiger partial charge is 0.465 e. The van der Waals surface area contributed by atoms with E-state index in [1.807, 2.05) is 67.6 Å². The Morgan fingerprint density at radius 3 is 1.60 bits per heavy atom. The van der Waals surface area contributed by atoms with E-state index in [1.165, 1.54) is 56.2 Å². The molecule has 8 N–H and O–H groups in total. The van der Waals surface area contributed by atoms with E-state index in [-0.39, 0.29) is 36.8 Å². The highest BCUT2D eigenvalue weighted by Crippen LogP contribution is 2.29. The molecule has 0 fully saturated rings. The Hall–Kier alpha value is -9.87. The SMILES string of the molecule is COC(=O)c1ccc(-c2ccc3c(Nc4cc(CC(=O)Nc5cccc(F)c5)[nH]n4)ncnc3c2)cc1.Cc1ccc(B(O)O)cc1.O=C(Cc1cc(Nc2ncnc3cc(Br)ccc23)n[nH]1)Nc1cccc(F)c1.O=C=O. The highest BCUT2D eigenvalue weighted by atomic mass is 79.9. The fourth-order valence-corrected chi connectivity index (χ4v) is 7.63. The van der Waals surface area contributed by atoms with Gasteiger partial charge in [0.25, 0.3) is 0 Å². The van der Waals surface area contributed by atoms with Gasteiger partial charge in [-0.1, -0.05) is 76.1 Å². The Kier molecular flexibility index (Phi) is 19.4. The predicted molar refractivity (Wildman–Crippen MR) is 291 cm³/mol. The van der Waals surface area contributed by atoms with Gasteiger partial charge in [0.2, 0.25) is 11.8 Å². The zero-order chi connectivity index (χ0) is 55.6. The number of carbonyl (C=O) groups is 3. The number of carbonyl (C=O) groups excluding carboxylic acids is 5. The first-order valence-corrected chi connectivity index (χ1v) is 24.0. The fraction of sp³-hybridized carbons (Fsp3) is 0.0741. The van der Waals surface area contributed by atoms with Crippen molar-refractivity contribution in [1.29, 1.82) is 0 Å². The van der Waals surface area contributed by atoms with E-state index < -0.39 is 18.8 Å². The average molecular weight is 1120 g/mol. The zero-order valence-electron chi connectivity index (χ0n) is 41.2. The van der Waals surface area contributed by atoms with Gasteiger partial charge in [0.1, 0.15) is 35.9 Å². The number of anilines is 6. The molecule has 20 nitrogen and oxygen atoms in total. The van der Waals surface area contributed by atoms with Crippen molar-refractivity contribution in [3.05, 3.63) is 197 Å². The van der Waals surface area contributed by atoms with Crippen LogP contribution in [-0.4, -0.2) is 88.5 Å². The first kappa shape index (κ1) is 55.9. The van der Waals surface area contributed by atoms with Crippen LogP contribution in [0.5, 0.6) is 0 Å². The van der Waals surface area contributed by atoms with Crippen LogP contribution in [-0.2, 0) is 36.8 Å². The molecule has 0 unspecified atom stereocenters. The number of aromatic nitrogens is 8. The fourth-order valence-electron chi connectivity index (χ4n) is 7.29. The Balaban J connectivity index is 0.000000188. The maximum absolute atomic E-state index is 13.3. The number of halogens is 3. The average Bonchev–Trinajstić information content (AvgIpc) is 4.08. The molecule has 10 rings (SSSR count). The van der Waals surface area contributed by atoms with Crippen molar-refractivity contribution in [1.82, 2.24) is 40.3 Å². The molecule has 0 spiro atoms. The minimum atomic E-state index is -1.35. The van der Waals surface area contributed by atoms with Crippen LogP contribution in [0.3, 0.4) is 0 Å². The van der Waals surface area contributed by atoms with Gasteiger partial charge in [0.15, 0.2) is 11.6 Å². The van der Waals surface area contributed by atoms with Crippen molar-refractivity contribution in [3.8, 4) is 11.1 Å². The molecule has 2 amide bonds. The van der Waals surface area contributed by atoms with Gasteiger partial charge in [-0.2, -0.15) is 19.8 Å². The van der Waals surface area contributed by atoms with Crippen molar-refractivity contribution in [2.45, 2.75) is 19.8 Å². The molecule has 0 aliphatic carbocycles. The van der Waals surface area contributed by atoms with Crippen LogP contribution < -0.4 is 26.7 Å². The molecule has 392 valence electrons. The summed E-state index contributed by atoms with van der Waals surface area (Å²) in [5, 5.41) is 44.6. The third-order valence-corrected chi connectivity index (χ3v) is 11.4. The molecule has 0 saturated carbocycles. The minimum absolute atomic E-state index is 0.0356. The number of methoxy groups -OCH3 is 1.